The largest absolute Gasteiger partial charge is 0.478 e. The molecule has 4 N–H and O–H groups in total. The van der Waals surface area contributed by atoms with E-state index >= 15 is 0 Å². The Morgan fingerprint density at radius 2 is 2.21 bits per heavy atom. The number of nitrogens with one attached hydrogen (secondary N) is 1. The molecule has 2 saturated carbocycles. The average Bonchev–Trinajstić information content (AvgIpc) is 2.95. The second kappa shape index (κ2) is 5.60. The van der Waals surface area contributed by atoms with E-state index in [0.29, 0.717) is 36.3 Å². The van der Waals surface area contributed by atoms with Crippen molar-refractivity contribution in [1.29, 1.82) is 0 Å². The average molecular weight is 333 g/mol. The molecule has 5 atom stereocenters. The van der Waals surface area contributed by atoms with E-state index < -0.39 is 11.9 Å². The third kappa shape index (κ3) is 1.98. The first-order valence-corrected chi connectivity index (χ1v) is 8.70. The summed E-state index contributed by atoms with van der Waals surface area (Å²) in [7, 11) is 1.65. The van der Waals surface area contributed by atoms with Crippen molar-refractivity contribution in [3.63, 3.8) is 0 Å². The quantitative estimate of drug-likeness (QED) is 0.411. The molecule has 0 aliphatic heterocycles. The number of carboxylic acids is 1. The molecule has 6 nitrogen and oxygen atoms in total. The summed E-state index contributed by atoms with van der Waals surface area (Å²) < 4.78 is 0. The summed E-state index contributed by atoms with van der Waals surface area (Å²) in [5, 5.41) is 12.9. The molecule has 0 aromatic heterocycles. The fourth-order valence-corrected chi connectivity index (χ4v) is 5.98. The summed E-state index contributed by atoms with van der Waals surface area (Å²) in [5.74, 6) is -0.238. The number of hydrogen-bond donors (Lipinski definition) is 3. The summed E-state index contributed by atoms with van der Waals surface area (Å²) >= 11 is 0. The predicted octanol–water partition coefficient (Wildman–Crippen LogP) is 1.56. The fourth-order valence-electron chi connectivity index (χ4n) is 5.98. The second-order valence-corrected chi connectivity index (χ2v) is 7.87. The first kappa shape index (κ1) is 17.0. The third-order valence-electron chi connectivity index (χ3n) is 7.21. The van der Waals surface area contributed by atoms with Crippen LogP contribution < -0.4 is 11.1 Å². The number of nitrogens with zero attached hydrogens (tertiary/aromatic N) is 1. The molecule has 3 rings (SSSR count). The van der Waals surface area contributed by atoms with Gasteiger partial charge in [0.2, 0.25) is 0 Å². The maximum absolute atomic E-state index is 11.9. The van der Waals surface area contributed by atoms with E-state index in [2.05, 4.69) is 24.2 Å². The first-order chi connectivity index (χ1) is 11.3. The number of hydrogen-bond acceptors (Lipinski definition) is 3. The SMILES string of the molecule is CN=C(N)NC[C@]1(C)[C@@H]2CC[C@@H](C)[C@]13C[C@H](C=O)C(C(=O)O)=C3C2. The number of fused-ring (bicyclic) bond motifs is 1. The van der Waals surface area contributed by atoms with Gasteiger partial charge in [-0.3, -0.25) is 4.99 Å². The van der Waals surface area contributed by atoms with E-state index in [-0.39, 0.29) is 10.8 Å². The molecule has 132 valence electrons. The van der Waals surface area contributed by atoms with E-state index in [9.17, 15) is 14.7 Å². The minimum absolute atomic E-state index is 0.117. The lowest BCUT2D eigenvalue weighted by Gasteiger charge is -2.53. The van der Waals surface area contributed by atoms with Crippen molar-refractivity contribution in [3.05, 3.63) is 11.1 Å². The molecular formula is C18H27N3O3. The Morgan fingerprint density at radius 1 is 1.50 bits per heavy atom. The molecule has 24 heavy (non-hydrogen) atoms. The van der Waals surface area contributed by atoms with Crippen LogP contribution in [0.15, 0.2) is 16.1 Å². The molecule has 0 radical (unpaired) electrons. The van der Waals surface area contributed by atoms with Crippen LogP contribution >= 0.6 is 0 Å². The molecule has 0 saturated heterocycles. The van der Waals surface area contributed by atoms with Crippen molar-refractivity contribution in [2.45, 2.75) is 39.5 Å². The Labute approximate surface area is 142 Å². The highest BCUT2D eigenvalue weighted by molar-refractivity contribution is 5.94. The lowest BCUT2D eigenvalue weighted by Crippen LogP contribution is -2.54. The Bertz CT molecular complexity index is 641. The molecule has 3 aliphatic carbocycles. The third-order valence-corrected chi connectivity index (χ3v) is 7.21. The van der Waals surface area contributed by atoms with Gasteiger partial charge in [-0.05, 0) is 42.9 Å². The lowest BCUT2D eigenvalue weighted by atomic mass is 9.51. The number of carboxylic acid groups (broad SMARTS) is 1. The normalized spacial score (nSPS) is 41.3. The van der Waals surface area contributed by atoms with Gasteiger partial charge in [-0.1, -0.05) is 19.4 Å². The number of allylic oxidation sites excluding steroid dienone is 1. The van der Waals surface area contributed by atoms with Gasteiger partial charge >= 0.3 is 5.97 Å². The van der Waals surface area contributed by atoms with E-state index in [1.807, 2.05) is 0 Å². The lowest BCUT2D eigenvalue weighted by molar-refractivity contribution is -0.134. The second-order valence-electron chi connectivity index (χ2n) is 7.87. The van der Waals surface area contributed by atoms with Gasteiger partial charge in [0, 0.05) is 30.5 Å². The van der Waals surface area contributed by atoms with Crippen LogP contribution in [-0.2, 0) is 9.59 Å². The van der Waals surface area contributed by atoms with Gasteiger partial charge in [0.05, 0.1) is 0 Å². The van der Waals surface area contributed by atoms with Gasteiger partial charge < -0.3 is 21.0 Å². The Kier molecular flexibility index (Phi) is 3.97. The molecule has 0 unspecified atom stereocenters. The zero-order chi connectivity index (χ0) is 17.7. The number of guanidine groups is 1. The Balaban J connectivity index is 2.10. The number of aliphatic imine (C=N–C) groups is 1. The standard InChI is InChI=1S/C18H27N3O3/c1-10-4-5-12-6-13-14(15(23)24)11(8-22)7-18(10,13)17(12,2)9-21-16(19)20-3/h8,10-12H,4-7,9H2,1-3H3,(H,23,24)(H3,19,20,21)/t10-,11-,12-,17-,18+/m1/s1. The van der Waals surface area contributed by atoms with Crippen LogP contribution in [-0.4, -0.2) is 36.9 Å². The summed E-state index contributed by atoms with van der Waals surface area (Å²) in [6, 6.07) is 0. The smallest absolute Gasteiger partial charge is 0.332 e. The van der Waals surface area contributed by atoms with Gasteiger partial charge in [0.1, 0.15) is 6.29 Å². The maximum Gasteiger partial charge on any atom is 0.332 e. The van der Waals surface area contributed by atoms with Crippen molar-refractivity contribution in [2.24, 2.45) is 39.3 Å². The minimum atomic E-state index is -0.927. The molecule has 0 aromatic carbocycles. The van der Waals surface area contributed by atoms with Crippen LogP contribution in [0.25, 0.3) is 0 Å². The van der Waals surface area contributed by atoms with Crippen LogP contribution in [0.5, 0.6) is 0 Å². The number of carbonyl (C=O) groups is 2. The number of aldehydes is 1. The molecule has 2 bridgehead atoms. The van der Waals surface area contributed by atoms with Crippen molar-refractivity contribution < 1.29 is 14.7 Å². The highest BCUT2D eigenvalue weighted by atomic mass is 16.4. The van der Waals surface area contributed by atoms with Gasteiger partial charge in [-0.2, -0.15) is 0 Å². The molecule has 2 fully saturated rings. The zero-order valence-electron chi connectivity index (χ0n) is 14.6. The zero-order valence-corrected chi connectivity index (χ0v) is 14.6. The van der Waals surface area contributed by atoms with Crippen molar-refractivity contribution in [2.75, 3.05) is 13.6 Å². The molecule has 0 aromatic rings. The minimum Gasteiger partial charge on any atom is -0.478 e. The first-order valence-electron chi connectivity index (χ1n) is 8.70. The van der Waals surface area contributed by atoms with Gasteiger partial charge in [0.15, 0.2) is 5.96 Å². The van der Waals surface area contributed by atoms with Crippen LogP contribution in [0.3, 0.4) is 0 Å². The summed E-state index contributed by atoms with van der Waals surface area (Å²) in [6.07, 6.45) is 4.41. The Morgan fingerprint density at radius 3 is 2.79 bits per heavy atom. The van der Waals surface area contributed by atoms with Crippen LogP contribution in [0, 0.1) is 28.6 Å². The van der Waals surface area contributed by atoms with Crippen molar-refractivity contribution in [1.82, 2.24) is 5.32 Å². The van der Waals surface area contributed by atoms with Gasteiger partial charge in [0.25, 0.3) is 0 Å². The monoisotopic (exact) mass is 333 g/mol. The molecule has 6 heteroatoms. The molecule has 3 aliphatic rings. The summed E-state index contributed by atoms with van der Waals surface area (Å²) in [5.41, 5.74) is 6.88. The topological polar surface area (TPSA) is 105 Å². The van der Waals surface area contributed by atoms with Crippen LogP contribution in [0.4, 0.5) is 0 Å². The van der Waals surface area contributed by atoms with E-state index in [1.54, 1.807) is 7.05 Å². The van der Waals surface area contributed by atoms with Crippen molar-refractivity contribution in [3.8, 4) is 0 Å². The van der Waals surface area contributed by atoms with Crippen molar-refractivity contribution >= 4 is 18.2 Å². The number of rotatable bonds is 4. The van der Waals surface area contributed by atoms with Crippen LogP contribution in [0.1, 0.15) is 39.5 Å². The van der Waals surface area contributed by atoms with Gasteiger partial charge in [-0.15, -0.1) is 0 Å². The predicted molar refractivity (Wildman–Crippen MR) is 91.4 cm³/mol. The van der Waals surface area contributed by atoms with Gasteiger partial charge in [-0.25, -0.2) is 4.79 Å². The maximum atomic E-state index is 11.9. The molecule has 0 heterocycles. The van der Waals surface area contributed by atoms with E-state index in [4.69, 9.17) is 5.73 Å². The number of aliphatic carboxylic acids is 1. The molecule has 1 spiro atoms. The summed E-state index contributed by atoms with van der Waals surface area (Å²) in [4.78, 5) is 27.4. The van der Waals surface area contributed by atoms with E-state index in [1.165, 1.54) is 0 Å². The Hall–Kier alpha value is -1.85. The molecule has 0 amide bonds. The number of nitrogens with two attached hydrogens (primary N) is 1. The highest BCUT2D eigenvalue weighted by Crippen LogP contribution is 2.73. The summed E-state index contributed by atoms with van der Waals surface area (Å²) in [6.45, 7) is 5.11. The number of carbonyl (C=O) groups excluding carboxylic acids is 1. The molecular weight excluding hydrogens is 306 g/mol. The fraction of sp³-hybridized carbons (Fsp3) is 0.722. The highest BCUT2D eigenvalue weighted by Gasteiger charge is 2.68. The van der Waals surface area contributed by atoms with Crippen LogP contribution in [0.2, 0.25) is 0 Å². The van der Waals surface area contributed by atoms with E-state index in [0.717, 1.165) is 31.1 Å².